The Kier molecular flexibility index (Phi) is 4.64. The molecule has 0 aromatic heterocycles. The molecule has 0 spiro atoms. The number of carbonyl (C=O) groups is 1. The van der Waals surface area contributed by atoms with E-state index in [9.17, 15) is 4.79 Å². The standard InChI is InChI=1S/C21H25N3O3/c1-4-9-24-20(14-5-6-16-17(11-14)27-12-26-16)18-15(10-13(2)3)22-7-8-23-19(18)21(24)25/h4-6,11,13,20,22H,1,7-10,12H2,2-3H3. The fourth-order valence-corrected chi connectivity index (χ4v) is 3.93. The van der Waals surface area contributed by atoms with Crippen molar-refractivity contribution in [2.24, 2.45) is 10.9 Å². The lowest BCUT2D eigenvalue weighted by Gasteiger charge is -2.26. The van der Waals surface area contributed by atoms with Gasteiger partial charge in [-0.3, -0.25) is 9.79 Å². The van der Waals surface area contributed by atoms with Crippen LogP contribution in [0.4, 0.5) is 0 Å². The molecule has 3 aliphatic heterocycles. The van der Waals surface area contributed by atoms with Crippen LogP contribution in [0.15, 0.2) is 47.1 Å². The van der Waals surface area contributed by atoms with Crippen molar-refractivity contribution < 1.29 is 14.3 Å². The third-order valence-corrected chi connectivity index (χ3v) is 5.00. The highest BCUT2D eigenvalue weighted by Gasteiger charge is 2.44. The van der Waals surface area contributed by atoms with Gasteiger partial charge in [0.15, 0.2) is 11.5 Å². The van der Waals surface area contributed by atoms with Gasteiger partial charge in [-0.05, 0) is 30.0 Å². The summed E-state index contributed by atoms with van der Waals surface area (Å²) in [4.78, 5) is 19.6. The molecular weight excluding hydrogens is 342 g/mol. The first-order valence-electron chi connectivity index (χ1n) is 9.43. The first kappa shape index (κ1) is 17.6. The molecule has 27 heavy (non-hydrogen) atoms. The lowest BCUT2D eigenvalue weighted by atomic mass is 9.93. The molecule has 6 heteroatoms. The second kappa shape index (κ2) is 7.10. The zero-order valence-corrected chi connectivity index (χ0v) is 15.8. The third-order valence-electron chi connectivity index (χ3n) is 5.00. The maximum absolute atomic E-state index is 13.2. The van der Waals surface area contributed by atoms with Crippen LogP contribution < -0.4 is 14.8 Å². The Labute approximate surface area is 159 Å². The zero-order chi connectivity index (χ0) is 19.0. The smallest absolute Gasteiger partial charge is 0.273 e. The van der Waals surface area contributed by atoms with E-state index < -0.39 is 0 Å². The quantitative estimate of drug-likeness (QED) is 0.813. The van der Waals surface area contributed by atoms with Gasteiger partial charge in [-0.25, -0.2) is 0 Å². The van der Waals surface area contributed by atoms with E-state index in [0.29, 0.717) is 24.7 Å². The molecule has 1 aromatic carbocycles. The monoisotopic (exact) mass is 367 g/mol. The van der Waals surface area contributed by atoms with E-state index in [1.165, 1.54) is 0 Å². The Morgan fingerprint density at radius 3 is 2.96 bits per heavy atom. The van der Waals surface area contributed by atoms with Crippen molar-refractivity contribution in [3.63, 3.8) is 0 Å². The Morgan fingerprint density at radius 1 is 1.37 bits per heavy atom. The van der Waals surface area contributed by atoms with Crippen molar-refractivity contribution >= 4 is 11.6 Å². The molecule has 1 N–H and O–H groups in total. The minimum absolute atomic E-state index is 0.0301. The number of allylic oxidation sites excluding steroid dienone is 1. The van der Waals surface area contributed by atoms with Crippen molar-refractivity contribution in [3.8, 4) is 11.5 Å². The normalized spacial score (nSPS) is 21.1. The molecule has 1 aromatic rings. The molecule has 0 saturated carbocycles. The number of nitrogens with zero attached hydrogens (tertiary/aromatic N) is 2. The Hall–Kier alpha value is -2.76. The second-order valence-corrected chi connectivity index (χ2v) is 7.41. The highest BCUT2D eigenvalue weighted by atomic mass is 16.7. The molecule has 0 bridgehead atoms. The summed E-state index contributed by atoms with van der Waals surface area (Å²) in [5.41, 5.74) is 3.69. The summed E-state index contributed by atoms with van der Waals surface area (Å²) in [6.45, 7) is 10.3. The number of ether oxygens (including phenoxy) is 2. The predicted octanol–water partition coefficient (Wildman–Crippen LogP) is 2.83. The van der Waals surface area contributed by atoms with E-state index in [2.05, 4.69) is 30.7 Å². The van der Waals surface area contributed by atoms with Gasteiger partial charge in [-0.2, -0.15) is 0 Å². The number of hydrogen-bond donors (Lipinski definition) is 1. The number of rotatable bonds is 5. The first-order chi connectivity index (χ1) is 13.1. The molecule has 0 radical (unpaired) electrons. The Bertz CT molecular complexity index is 841. The number of likely N-dealkylation sites (tertiary alicyclic amines) is 1. The molecule has 0 aliphatic carbocycles. The van der Waals surface area contributed by atoms with Crippen LogP contribution in [-0.2, 0) is 4.79 Å². The summed E-state index contributed by atoms with van der Waals surface area (Å²) in [6, 6.07) is 5.69. The second-order valence-electron chi connectivity index (χ2n) is 7.41. The van der Waals surface area contributed by atoms with Crippen molar-refractivity contribution in [3.05, 3.63) is 47.7 Å². The van der Waals surface area contributed by atoms with Crippen LogP contribution in [0.5, 0.6) is 11.5 Å². The van der Waals surface area contributed by atoms with Crippen molar-refractivity contribution in [2.75, 3.05) is 26.4 Å². The lowest BCUT2D eigenvalue weighted by molar-refractivity contribution is -0.123. The fraction of sp³-hybridized carbons (Fsp3) is 0.429. The number of benzene rings is 1. The Balaban J connectivity index is 1.87. The molecule has 4 rings (SSSR count). The van der Waals surface area contributed by atoms with E-state index in [0.717, 1.165) is 41.3 Å². The minimum atomic E-state index is -0.205. The van der Waals surface area contributed by atoms with Crippen LogP contribution in [0, 0.1) is 5.92 Å². The van der Waals surface area contributed by atoms with Crippen molar-refractivity contribution in [2.45, 2.75) is 26.3 Å². The van der Waals surface area contributed by atoms with E-state index in [-0.39, 0.29) is 18.7 Å². The third kappa shape index (κ3) is 3.09. The SMILES string of the molecule is C=CCN1C(=O)C2=NCCNC(CC(C)C)=C2C1c1ccc2c(c1)OCO2. The van der Waals surface area contributed by atoms with Gasteiger partial charge in [-0.15, -0.1) is 6.58 Å². The van der Waals surface area contributed by atoms with Gasteiger partial charge in [0.25, 0.3) is 5.91 Å². The van der Waals surface area contributed by atoms with E-state index in [1.54, 1.807) is 6.08 Å². The topological polar surface area (TPSA) is 63.2 Å². The maximum atomic E-state index is 13.2. The molecule has 1 atom stereocenters. The van der Waals surface area contributed by atoms with Gasteiger partial charge < -0.3 is 19.7 Å². The summed E-state index contributed by atoms with van der Waals surface area (Å²) in [5, 5.41) is 3.52. The average molecular weight is 367 g/mol. The largest absolute Gasteiger partial charge is 0.454 e. The van der Waals surface area contributed by atoms with E-state index >= 15 is 0 Å². The number of carbonyl (C=O) groups excluding carboxylic acids is 1. The van der Waals surface area contributed by atoms with Gasteiger partial charge in [0.2, 0.25) is 6.79 Å². The molecule has 6 nitrogen and oxygen atoms in total. The van der Waals surface area contributed by atoms with Gasteiger partial charge in [0.1, 0.15) is 5.71 Å². The number of nitrogens with one attached hydrogen (secondary N) is 1. The van der Waals surface area contributed by atoms with Crippen LogP contribution in [0.1, 0.15) is 31.9 Å². The van der Waals surface area contributed by atoms with Crippen LogP contribution in [-0.4, -0.2) is 42.9 Å². The van der Waals surface area contributed by atoms with Crippen LogP contribution in [0.3, 0.4) is 0 Å². The molecule has 1 fully saturated rings. The molecule has 1 amide bonds. The molecule has 1 saturated heterocycles. The van der Waals surface area contributed by atoms with Crippen molar-refractivity contribution in [1.29, 1.82) is 0 Å². The van der Waals surface area contributed by atoms with Crippen LogP contribution >= 0.6 is 0 Å². The fourth-order valence-electron chi connectivity index (χ4n) is 3.93. The number of hydrogen-bond acceptors (Lipinski definition) is 5. The first-order valence-corrected chi connectivity index (χ1v) is 9.43. The number of amides is 1. The molecule has 142 valence electrons. The highest BCUT2D eigenvalue weighted by Crippen LogP contribution is 2.42. The van der Waals surface area contributed by atoms with Crippen molar-refractivity contribution in [1.82, 2.24) is 10.2 Å². The molecule has 3 heterocycles. The average Bonchev–Trinajstić information content (AvgIpc) is 3.14. The zero-order valence-electron chi connectivity index (χ0n) is 15.8. The molecule has 3 aliphatic rings. The van der Waals surface area contributed by atoms with Crippen LogP contribution in [0.2, 0.25) is 0 Å². The van der Waals surface area contributed by atoms with E-state index in [4.69, 9.17) is 9.47 Å². The van der Waals surface area contributed by atoms with Gasteiger partial charge in [0, 0.05) is 24.4 Å². The maximum Gasteiger partial charge on any atom is 0.273 e. The van der Waals surface area contributed by atoms with Gasteiger partial charge in [-0.1, -0.05) is 26.0 Å². The summed E-state index contributed by atoms with van der Waals surface area (Å²) in [5.74, 6) is 1.90. The van der Waals surface area contributed by atoms with E-state index in [1.807, 2.05) is 23.1 Å². The Morgan fingerprint density at radius 2 is 2.19 bits per heavy atom. The van der Waals surface area contributed by atoms with Gasteiger partial charge in [0.05, 0.1) is 12.6 Å². The summed E-state index contributed by atoms with van der Waals surface area (Å²) in [7, 11) is 0. The number of aliphatic imine (C=N–C) groups is 1. The summed E-state index contributed by atoms with van der Waals surface area (Å²) >= 11 is 0. The molecular formula is C21H25N3O3. The summed E-state index contributed by atoms with van der Waals surface area (Å²) < 4.78 is 11.0. The predicted molar refractivity (Wildman–Crippen MR) is 104 cm³/mol. The highest BCUT2D eigenvalue weighted by molar-refractivity contribution is 6.48. The van der Waals surface area contributed by atoms with Crippen LogP contribution in [0.25, 0.3) is 0 Å². The summed E-state index contributed by atoms with van der Waals surface area (Å²) in [6.07, 6.45) is 2.64. The number of fused-ring (bicyclic) bond motifs is 2. The lowest BCUT2D eigenvalue weighted by Crippen LogP contribution is -2.30. The van der Waals surface area contributed by atoms with Gasteiger partial charge >= 0.3 is 0 Å². The molecule has 1 unspecified atom stereocenters. The minimum Gasteiger partial charge on any atom is -0.454 e.